The molecule has 0 amide bonds. The molecular weight excluding hydrogens is 298 g/mol. The Hall–Kier alpha value is -1.88. The Labute approximate surface area is 135 Å². The number of halogens is 1. The smallest absolute Gasteiger partial charge is 0.247 e. The molecule has 22 heavy (non-hydrogen) atoms. The van der Waals surface area contributed by atoms with Gasteiger partial charge in [0.25, 0.3) is 0 Å². The standard InChI is InChI=1S/C16H20ClN5/c1-12-5-4-8-22(11-12)16-20-15(10-19-21-16)18-9-13-6-2-3-7-14(13)17/h2-3,6-7,10,12H,4-5,8-9,11H2,1H3,(H,18,20,21). The van der Waals surface area contributed by atoms with Gasteiger partial charge in [-0.3, -0.25) is 0 Å². The van der Waals surface area contributed by atoms with E-state index in [4.69, 9.17) is 11.6 Å². The molecule has 1 atom stereocenters. The summed E-state index contributed by atoms with van der Waals surface area (Å²) in [5.41, 5.74) is 1.04. The van der Waals surface area contributed by atoms with Gasteiger partial charge in [-0.15, -0.1) is 5.10 Å². The fourth-order valence-corrected chi connectivity index (χ4v) is 2.91. The normalized spacial score (nSPS) is 18.3. The van der Waals surface area contributed by atoms with E-state index in [1.54, 1.807) is 6.20 Å². The summed E-state index contributed by atoms with van der Waals surface area (Å²) in [7, 11) is 0. The van der Waals surface area contributed by atoms with Gasteiger partial charge in [0.15, 0.2) is 5.82 Å². The van der Waals surface area contributed by atoms with Crippen molar-refractivity contribution in [3.8, 4) is 0 Å². The molecular formula is C16H20ClN5. The zero-order valence-corrected chi connectivity index (χ0v) is 13.4. The number of hydrogen-bond donors (Lipinski definition) is 1. The number of anilines is 2. The third-order valence-corrected chi connectivity index (χ3v) is 4.27. The fraction of sp³-hybridized carbons (Fsp3) is 0.438. The van der Waals surface area contributed by atoms with Crippen molar-refractivity contribution in [3.63, 3.8) is 0 Å². The molecule has 1 saturated heterocycles. The van der Waals surface area contributed by atoms with Crippen LogP contribution in [0.1, 0.15) is 25.3 Å². The fourth-order valence-electron chi connectivity index (χ4n) is 2.71. The van der Waals surface area contributed by atoms with Crippen LogP contribution < -0.4 is 10.2 Å². The van der Waals surface area contributed by atoms with Crippen LogP contribution in [0.25, 0.3) is 0 Å². The number of nitrogens with one attached hydrogen (secondary N) is 1. The minimum absolute atomic E-state index is 0.619. The van der Waals surface area contributed by atoms with Crippen LogP contribution in [0.3, 0.4) is 0 Å². The molecule has 1 N–H and O–H groups in total. The van der Waals surface area contributed by atoms with Crippen molar-refractivity contribution in [2.24, 2.45) is 5.92 Å². The van der Waals surface area contributed by atoms with E-state index in [1.807, 2.05) is 24.3 Å². The summed E-state index contributed by atoms with van der Waals surface area (Å²) >= 11 is 6.16. The Morgan fingerprint density at radius 1 is 1.36 bits per heavy atom. The van der Waals surface area contributed by atoms with E-state index in [0.717, 1.165) is 29.5 Å². The molecule has 2 heterocycles. The van der Waals surface area contributed by atoms with E-state index in [1.165, 1.54) is 12.8 Å². The molecule has 0 radical (unpaired) electrons. The van der Waals surface area contributed by atoms with Gasteiger partial charge in [0, 0.05) is 24.7 Å². The van der Waals surface area contributed by atoms with E-state index >= 15 is 0 Å². The predicted molar refractivity (Wildman–Crippen MR) is 89.2 cm³/mol. The van der Waals surface area contributed by atoms with Crippen LogP contribution in [0.5, 0.6) is 0 Å². The van der Waals surface area contributed by atoms with Crippen molar-refractivity contribution in [2.75, 3.05) is 23.3 Å². The third kappa shape index (κ3) is 3.65. The van der Waals surface area contributed by atoms with Gasteiger partial charge < -0.3 is 10.2 Å². The summed E-state index contributed by atoms with van der Waals surface area (Å²) in [6, 6.07) is 7.78. The van der Waals surface area contributed by atoms with Gasteiger partial charge in [-0.2, -0.15) is 10.1 Å². The molecule has 2 aromatic rings. The van der Waals surface area contributed by atoms with Crippen molar-refractivity contribution in [3.05, 3.63) is 41.0 Å². The van der Waals surface area contributed by atoms with E-state index < -0.39 is 0 Å². The second-order valence-electron chi connectivity index (χ2n) is 5.78. The van der Waals surface area contributed by atoms with Crippen molar-refractivity contribution in [1.29, 1.82) is 0 Å². The number of benzene rings is 1. The maximum Gasteiger partial charge on any atom is 0.247 e. The summed E-state index contributed by atoms with van der Waals surface area (Å²) in [6.45, 7) is 4.88. The molecule has 1 fully saturated rings. The molecule has 0 saturated carbocycles. The van der Waals surface area contributed by atoms with Crippen LogP contribution >= 0.6 is 11.6 Å². The van der Waals surface area contributed by atoms with E-state index in [2.05, 4.69) is 32.3 Å². The van der Waals surface area contributed by atoms with Gasteiger partial charge >= 0.3 is 0 Å². The Bertz CT molecular complexity index is 633. The number of rotatable bonds is 4. The van der Waals surface area contributed by atoms with Gasteiger partial charge in [0.2, 0.25) is 5.95 Å². The molecule has 0 bridgehead atoms. The summed E-state index contributed by atoms with van der Waals surface area (Å²) in [5.74, 6) is 2.11. The second-order valence-corrected chi connectivity index (χ2v) is 6.19. The lowest BCUT2D eigenvalue weighted by molar-refractivity contribution is 0.441. The second kappa shape index (κ2) is 6.92. The summed E-state index contributed by atoms with van der Waals surface area (Å²) < 4.78 is 0. The highest BCUT2D eigenvalue weighted by atomic mass is 35.5. The van der Waals surface area contributed by atoms with Gasteiger partial charge in [-0.25, -0.2) is 0 Å². The summed E-state index contributed by atoms with van der Waals surface area (Å²) in [5, 5.41) is 12.3. The number of aromatic nitrogens is 3. The van der Waals surface area contributed by atoms with E-state index in [9.17, 15) is 0 Å². The molecule has 1 aromatic heterocycles. The van der Waals surface area contributed by atoms with E-state index in [0.29, 0.717) is 18.4 Å². The molecule has 1 unspecified atom stereocenters. The third-order valence-electron chi connectivity index (χ3n) is 3.91. The molecule has 5 nitrogen and oxygen atoms in total. The highest BCUT2D eigenvalue weighted by Gasteiger charge is 2.19. The lowest BCUT2D eigenvalue weighted by atomic mass is 10.0. The van der Waals surface area contributed by atoms with Crippen LogP contribution in [0.15, 0.2) is 30.5 Å². The number of hydrogen-bond acceptors (Lipinski definition) is 5. The van der Waals surface area contributed by atoms with Gasteiger partial charge in [0.05, 0.1) is 6.20 Å². The Kier molecular flexibility index (Phi) is 4.73. The number of nitrogens with zero attached hydrogens (tertiary/aromatic N) is 4. The van der Waals surface area contributed by atoms with Crippen LogP contribution in [0, 0.1) is 5.92 Å². The van der Waals surface area contributed by atoms with E-state index in [-0.39, 0.29) is 0 Å². The first-order valence-electron chi connectivity index (χ1n) is 7.64. The first kappa shape index (κ1) is 15.0. The van der Waals surface area contributed by atoms with Crippen LogP contribution in [-0.2, 0) is 6.54 Å². The molecule has 3 rings (SSSR count). The van der Waals surface area contributed by atoms with Crippen LogP contribution in [0.4, 0.5) is 11.8 Å². The average Bonchev–Trinajstić information content (AvgIpc) is 2.54. The minimum Gasteiger partial charge on any atom is -0.364 e. The topological polar surface area (TPSA) is 53.9 Å². The van der Waals surface area contributed by atoms with Crippen molar-refractivity contribution >= 4 is 23.4 Å². The summed E-state index contributed by atoms with van der Waals surface area (Å²) in [6.07, 6.45) is 4.10. The highest BCUT2D eigenvalue weighted by molar-refractivity contribution is 6.31. The van der Waals surface area contributed by atoms with Crippen LogP contribution in [-0.4, -0.2) is 28.3 Å². The molecule has 6 heteroatoms. The zero-order chi connectivity index (χ0) is 15.4. The molecule has 1 aliphatic heterocycles. The van der Waals surface area contributed by atoms with Crippen LogP contribution in [0.2, 0.25) is 5.02 Å². The molecule has 1 aromatic carbocycles. The van der Waals surface area contributed by atoms with Gasteiger partial charge in [-0.1, -0.05) is 36.7 Å². The SMILES string of the molecule is CC1CCCN(c2nncc(NCc3ccccc3Cl)n2)C1. The van der Waals surface area contributed by atoms with Crippen molar-refractivity contribution in [1.82, 2.24) is 15.2 Å². The van der Waals surface area contributed by atoms with Gasteiger partial charge in [-0.05, 0) is 30.4 Å². The molecule has 1 aliphatic rings. The highest BCUT2D eigenvalue weighted by Crippen LogP contribution is 2.20. The van der Waals surface area contributed by atoms with Crippen molar-refractivity contribution < 1.29 is 0 Å². The Balaban J connectivity index is 1.67. The molecule has 116 valence electrons. The molecule has 0 aliphatic carbocycles. The largest absolute Gasteiger partial charge is 0.364 e. The first-order chi connectivity index (χ1) is 10.7. The van der Waals surface area contributed by atoms with Crippen molar-refractivity contribution in [2.45, 2.75) is 26.3 Å². The maximum absolute atomic E-state index is 6.16. The number of piperidine rings is 1. The van der Waals surface area contributed by atoms with Gasteiger partial charge in [0.1, 0.15) is 0 Å². The first-order valence-corrected chi connectivity index (χ1v) is 8.02. The lowest BCUT2D eigenvalue weighted by Gasteiger charge is -2.30. The Morgan fingerprint density at radius 2 is 2.23 bits per heavy atom. The Morgan fingerprint density at radius 3 is 3.05 bits per heavy atom. The summed E-state index contributed by atoms with van der Waals surface area (Å²) in [4.78, 5) is 6.78. The molecule has 0 spiro atoms. The zero-order valence-electron chi connectivity index (χ0n) is 12.7. The average molecular weight is 318 g/mol. The monoisotopic (exact) mass is 317 g/mol. The minimum atomic E-state index is 0.619. The predicted octanol–water partition coefficient (Wildman–Crippen LogP) is 3.37. The lowest BCUT2D eigenvalue weighted by Crippen LogP contribution is -2.35. The quantitative estimate of drug-likeness (QED) is 0.937. The maximum atomic E-state index is 6.16.